The number of carbonyl (C=O) groups is 4. The molecule has 13 heteroatoms. The van der Waals surface area contributed by atoms with Crippen LogP contribution in [-0.4, -0.2) is 126 Å². The van der Waals surface area contributed by atoms with Crippen LogP contribution in [-0.2, 0) is 32.1 Å². The van der Waals surface area contributed by atoms with E-state index in [4.69, 9.17) is 4.74 Å². The second-order valence-corrected chi connectivity index (χ2v) is 15.7. The molecule has 0 aliphatic carbocycles. The lowest BCUT2D eigenvalue weighted by Gasteiger charge is -2.46. The molecule has 2 aromatic carbocycles. The lowest BCUT2D eigenvalue weighted by atomic mass is 9.92. The highest BCUT2D eigenvalue weighted by Crippen LogP contribution is 2.30. The van der Waals surface area contributed by atoms with Crippen molar-refractivity contribution in [2.45, 2.75) is 70.1 Å². The average molecular weight is 817 g/mol. The number of hydrogen-bond donors (Lipinski definition) is 1. The number of halogens is 2. The van der Waals surface area contributed by atoms with Crippen LogP contribution in [0, 0.1) is 5.92 Å². The first kappa shape index (κ1) is 36.8. The Bertz CT molecular complexity index is 1560. The van der Waals surface area contributed by atoms with Gasteiger partial charge in [-0.25, -0.2) is 9.59 Å². The first-order valence-electron chi connectivity index (χ1n) is 17.9. The minimum absolute atomic E-state index is 0.0242. The highest BCUT2D eigenvalue weighted by molar-refractivity contribution is 9.13. The number of carbonyl (C=O) groups excluding carboxylic acids is 4. The number of rotatable bonds is 9. The number of piperazine rings is 1. The summed E-state index contributed by atoms with van der Waals surface area (Å²) in [6.45, 7) is 7.15. The van der Waals surface area contributed by atoms with E-state index in [0.29, 0.717) is 64.6 Å². The normalized spacial score (nSPS) is 21.8. The molecule has 50 heavy (non-hydrogen) atoms. The first-order chi connectivity index (χ1) is 24.1. The molecule has 4 aliphatic rings. The summed E-state index contributed by atoms with van der Waals surface area (Å²) in [4.78, 5) is 65.0. The predicted octanol–water partition coefficient (Wildman–Crippen LogP) is 4.97. The third-order valence-corrected chi connectivity index (χ3v) is 12.7. The van der Waals surface area contributed by atoms with E-state index >= 15 is 0 Å². The first-order valence-corrected chi connectivity index (χ1v) is 19.5. The largest absolute Gasteiger partial charge is 0.464 e. The van der Waals surface area contributed by atoms with E-state index in [1.54, 1.807) is 11.8 Å². The van der Waals surface area contributed by atoms with Crippen molar-refractivity contribution in [3.05, 3.63) is 62.5 Å². The molecule has 0 saturated carbocycles. The third kappa shape index (κ3) is 8.54. The quantitative estimate of drug-likeness (QED) is 0.357. The van der Waals surface area contributed by atoms with Gasteiger partial charge < -0.3 is 29.7 Å². The Morgan fingerprint density at radius 1 is 0.920 bits per heavy atom. The minimum Gasteiger partial charge on any atom is -0.464 e. The van der Waals surface area contributed by atoms with E-state index in [9.17, 15) is 19.2 Å². The average Bonchev–Trinajstić information content (AvgIpc) is 3.12. The molecule has 4 aliphatic heterocycles. The molecule has 270 valence electrons. The van der Waals surface area contributed by atoms with Crippen LogP contribution in [0.15, 0.2) is 51.4 Å². The molecular weight excluding hydrogens is 768 g/mol. The Morgan fingerprint density at radius 2 is 1.64 bits per heavy atom. The van der Waals surface area contributed by atoms with Crippen LogP contribution < -0.4 is 5.32 Å². The maximum Gasteiger partial charge on any atom is 0.330 e. The van der Waals surface area contributed by atoms with Gasteiger partial charge in [0.1, 0.15) is 6.04 Å². The van der Waals surface area contributed by atoms with Crippen molar-refractivity contribution in [3.8, 4) is 0 Å². The molecule has 4 heterocycles. The number of esters is 1. The van der Waals surface area contributed by atoms with Crippen LogP contribution >= 0.6 is 31.9 Å². The highest BCUT2D eigenvalue weighted by atomic mass is 79.9. The summed E-state index contributed by atoms with van der Waals surface area (Å²) in [5, 5.41) is 3.00. The lowest BCUT2D eigenvalue weighted by molar-refractivity contribution is -0.161. The van der Waals surface area contributed by atoms with E-state index in [1.807, 2.05) is 52.3 Å². The fourth-order valence-electron chi connectivity index (χ4n) is 7.92. The van der Waals surface area contributed by atoms with E-state index in [-0.39, 0.29) is 42.9 Å². The van der Waals surface area contributed by atoms with Crippen molar-refractivity contribution in [1.29, 1.82) is 0 Å². The smallest absolute Gasteiger partial charge is 0.330 e. The van der Waals surface area contributed by atoms with Crippen molar-refractivity contribution in [2.75, 3.05) is 64.8 Å². The van der Waals surface area contributed by atoms with Gasteiger partial charge in [0.05, 0.1) is 12.5 Å². The van der Waals surface area contributed by atoms with Crippen molar-refractivity contribution in [3.63, 3.8) is 0 Å². The van der Waals surface area contributed by atoms with Crippen molar-refractivity contribution in [2.24, 2.45) is 5.92 Å². The number of hydrogen-bond acceptors (Lipinski definition) is 7. The fourth-order valence-corrected chi connectivity index (χ4v) is 8.59. The van der Waals surface area contributed by atoms with Crippen LogP contribution in [0.25, 0.3) is 0 Å². The number of benzene rings is 2. The zero-order valence-electron chi connectivity index (χ0n) is 29.0. The summed E-state index contributed by atoms with van der Waals surface area (Å²) in [7, 11) is 2.13. The number of piperidine rings is 2. The Labute approximate surface area is 311 Å². The molecule has 1 N–H and O–H groups in total. The standard InChI is InChI=1S/C37H48Br2N6O5/c1-3-50-36(48)33-24-43(28-10-14-41(2)15-11-28)18-19-44(33)35(47)27(20-25-8-9-30(38)31(39)21-25)22-34(46)42-16-12-29(13-17-42)45-23-26-6-4-5-7-32(26)40-37(45)49/h4-9,21,27-29,33H,3,10-20,22-24H2,1-2H3,(H,40,49). The van der Waals surface area contributed by atoms with E-state index in [2.05, 4.69) is 54.0 Å². The summed E-state index contributed by atoms with van der Waals surface area (Å²) in [5.74, 6) is -1.30. The summed E-state index contributed by atoms with van der Waals surface area (Å²) < 4.78 is 7.29. The van der Waals surface area contributed by atoms with Gasteiger partial charge in [-0.15, -0.1) is 0 Å². The van der Waals surface area contributed by atoms with Gasteiger partial charge in [0.2, 0.25) is 11.8 Å². The molecule has 0 radical (unpaired) electrons. The van der Waals surface area contributed by atoms with E-state index in [0.717, 1.165) is 51.7 Å². The number of likely N-dealkylation sites (tertiary alicyclic amines) is 2. The van der Waals surface area contributed by atoms with Gasteiger partial charge in [0, 0.05) is 72.4 Å². The molecule has 2 atom stereocenters. The second kappa shape index (κ2) is 16.6. The number of para-hydroxylation sites is 1. The Morgan fingerprint density at radius 3 is 2.36 bits per heavy atom. The predicted molar refractivity (Wildman–Crippen MR) is 198 cm³/mol. The Hall–Kier alpha value is -3.00. The molecule has 0 spiro atoms. The summed E-state index contributed by atoms with van der Waals surface area (Å²) >= 11 is 7.12. The Kier molecular flexibility index (Phi) is 12.2. The number of ether oxygens (including phenoxy) is 1. The van der Waals surface area contributed by atoms with Crippen LogP contribution in [0.3, 0.4) is 0 Å². The molecule has 6 rings (SSSR count). The molecule has 11 nitrogen and oxygen atoms in total. The minimum atomic E-state index is -0.721. The van der Waals surface area contributed by atoms with Crippen LogP contribution in [0.5, 0.6) is 0 Å². The zero-order valence-corrected chi connectivity index (χ0v) is 32.2. The van der Waals surface area contributed by atoms with Crippen molar-refractivity contribution >= 4 is 61.4 Å². The molecule has 3 fully saturated rings. The van der Waals surface area contributed by atoms with Crippen LogP contribution in [0.2, 0.25) is 0 Å². The maximum atomic E-state index is 14.6. The van der Waals surface area contributed by atoms with Crippen LogP contribution in [0.4, 0.5) is 10.5 Å². The molecule has 2 aromatic rings. The fraction of sp³-hybridized carbons (Fsp3) is 0.568. The molecule has 0 bridgehead atoms. The van der Waals surface area contributed by atoms with Crippen molar-refractivity contribution < 1.29 is 23.9 Å². The van der Waals surface area contributed by atoms with Gasteiger partial charge in [0.25, 0.3) is 0 Å². The van der Waals surface area contributed by atoms with Crippen molar-refractivity contribution in [1.82, 2.24) is 24.5 Å². The van der Waals surface area contributed by atoms with Crippen LogP contribution in [0.1, 0.15) is 50.2 Å². The summed E-state index contributed by atoms with van der Waals surface area (Å²) in [6.07, 6.45) is 3.81. The molecule has 0 aromatic heterocycles. The zero-order chi connectivity index (χ0) is 35.4. The molecule has 3 saturated heterocycles. The van der Waals surface area contributed by atoms with E-state index < -0.39 is 12.0 Å². The number of amides is 4. The molecule has 4 amide bonds. The van der Waals surface area contributed by atoms with Gasteiger partial charge in [-0.2, -0.15) is 0 Å². The van der Waals surface area contributed by atoms with Gasteiger partial charge in [-0.3, -0.25) is 14.5 Å². The Balaban J connectivity index is 1.15. The monoisotopic (exact) mass is 814 g/mol. The van der Waals surface area contributed by atoms with Gasteiger partial charge in [-0.1, -0.05) is 24.3 Å². The van der Waals surface area contributed by atoms with Gasteiger partial charge in [-0.05, 0) is 120 Å². The number of anilines is 1. The number of urea groups is 1. The third-order valence-electron chi connectivity index (χ3n) is 10.8. The number of nitrogens with zero attached hydrogens (tertiary/aromatic N) is 5. The SMILES string of the molecule is CCOC(=O)C1CN(C2CCN(C)CC2)CCN1C(=O)C(CC(=O)N1CCC(N2Cc3ccccc3NC2=O)CC1)Cc1ccc(Br)c(Br)c1. The van der Waals surface area contributed by atoms with Gasteiger partial charge in [0.15, 0.2) is 0 Å². The molecule has 2 unspecified atom stereocenters. The van der Waals surface area contributed by atoms with Gasteiger partial charge >= 0.3 is 12.0 Å². The molecular formula is C37H48Br2N6O5. The lowest BCUT2D eigenvalue weighted by Crippen LogP contribution is -2.62. The second-order valence-electron chi connectivity index (χ2n) is 14.0. The number of nitrogens with one attached hydrogen (secondary N) is 1. The summed E-state index contributed by atoms with van der Waals surface area (Å²) in [6, 6.07) is 13.3. The maximum absolute atomic E-state index is 14.6. The highest BCUT2D eigenvalue weighted by Gasteiger charge is 2.42. The number of fused-ring (bicyclic) bond motifs is 1. The van der Waals surface area contributed by atoms with E-state index in [1.165, 1.54) is 0 Å². The summed E-state index contributed by atoms with van der Waals surface area (Å²) in [5.41, 5.74) is 2.86. The topological polar surface area (TPSA) is 106 Å².